The molecule has 0 saturated heterocycles. The predicted octanol–water partition coefficient (Wildman–Crippen LogP) is 15.7. The van der Waals surface area contributed by atoms with Gasteiger partial charge in [-0.15, -0.1) is 0 Å². The van der Waals surface area contributed by atoms with Crippen molar-refractivity contribution >= 4 is 65.7 Å². The van der Waals surface area contributed by atoms with Crippen molar-refractivity contribution in [2.45, 2.75) is 0 Å². The number of aromatic nitrogens is 3. The van der Waals surface area contributed by atoms with Crippen molar-refractivity contribution in [1.82, 2.24) is 14.5 Å². The van der Waals surface area contributed by atoms with Crippen molar-refractivity contribution in [3.8, 4) is 61.8 Å². The maximum Gasteiger partial charge on any atom is 0.160 e. The maximum absolute atomic E-state index is 6.63. The zero-order chi connectivity index (χ0) is 41.4. The van der Waals surface area contributed by atoms with Gasteiger partial charge in [0.25, 0.3) is 0 Å². The first-order valence-corrected chi connectivity index (χ1v) is 21.2. The highest BCUT2D eigenvalue weighted by Crippen LogP contribution is 2.42. The summed E-state index contributed by atoms with van der Waals surface area (Å²) >= 11 is 0. The number of furan rings is 2. The second-order valence-electron chi connectivity index (χ2n) is 16.1. The molecule has 0 saturated carbocycles. The summed E-state index contributed by atoms with van der Waals surface area (Å²) in [4.78, 5) is 10.6. The van der Waals surface area contributed by atoms with Crippen LogP contribution in [0.25, 0.3) is 128 Å². The van der Waals surface area contributed by atoms with E-state index in [0.717, 1.165) is 99.9 Å². The van der Waals surface area contributed by atoms with E-state index >= 15 is 0 Å². The van der Waals surface area contributed by atoms with Crippen molar-refractivity contribution in [3.05, 3.63) is 212 Å². The second-order valence-corrected chi connectivity index (χ2v) is 16.1. The van der Waals surface area contributed by atoms with Crippen molar-refractivity contribution in [2.75, 3.05) is 0 Å². The molecule has 63 heavy (non-hydrogen) atoms. The van der Waals surface area contributed by atoms with Gasteiger partial charge in [0, 0.05) is 65.8 Å². The molecule has 9 aromatic carbocycles. The zero-order valence-electron chi connectivity index (χ0n) is 33.9. The molecule has 4 heterocycles. The summed E-state index contributed by atoms with van der Waals surface area (Å²) in [6.45, 7) is 0. The Bertz CT molecular complexity index is 3730. The number of nitrogens with zero attached hydrogens (tertiary/aromatic N) is 3. The summed E-state index contributed by atoms with van der Waals surface area (Å²) in [7, 11) is 0. The molecule has 0 radical (unpaired) electrons. The number of para-hydroxylation sites is 6. The van der Waals surface area contributed by atoms with Gasteiger partial charge in [0.05, 0.1) is 22.4 Å². The number of hydrogen-bond acceptors (Lipinski definition) is 4. The molecule has 0 N–H and O–H groups in total. The molecule has 5 nitrogen and oxygen atoms in total. The molecule has 0 aliphatic carbocycles. The molecule has 0 atom stereocenters. The van der Waals surface area contributed by atoms with Gasteiger partial charge in [-0.05, 0) is 71.8 Å². The van der Waals surface area contributed by atoms with Gasteiger partial charge < -0.3 is 13.4 Å². The van der Waals surface area contributed by atoms with Crippen LogP contribution in [0.3, 0.4) is 0 Å². The summed E-state index contributed by atoms with van der Waals surface area (Å²) in [6, 6.07) is 74.3. The largest absolute Gasteiger partial charge is 0.455 e. The van der Waals surface area contributed by atoms with Crippen molar-refractivity contribution in [2.24, 2.45) is 0 Å². The van der Waals surface area contributed by atoms with E-state index in [2.05, 4.69) is 174 Å². The Labute approximate surface area is 361 Å². The van der Waals surface area contributed by atoms with Crippen molar-refractivity contribution < 1.29 is 8.83 Å². The summed E-state index contributed by atoms with van der Waals surface area (Å²) in [5.41, 5.74) is 15.4. The van der Waals surface area contributed by atoms with E-state index in [4.69, 9.17) is 18.8 Å². The Morgan fingerprint density at radius 3 is 1.35 bits per heavy atom. The minimum absolute atomic E-state index is 0.653. The number of benzene rings is 9. The lowest BCUT2D eigenvalue weighted by molar-refractivity contribution is 0.670. The van der Waals surface area contributed by atoms with Gasteiger partial charge in [0.2, 0.25) is 0 Å². The zero-order valence-corrected chi connectivity index (χ0v) is 33.9. The van der Waals surface area contributed by atoms with Gasteiger partial charge in [-0.25, -0.2) is 9.97 Å². The Hall–Kier alpha value is -8.54. The van der Waals surface area contributed by atoms with E-state index in [1.54, 1.807) is 0 Å². The molecule has 0 spiro atoms. The summed E-state index contributed by atoms with van der Waals surface area (Å²) < 4.78 is 15.6. The molecule has 0 fully saturated rings. The molecule has 0 unspecified atom stereocenters. The molecular weight excluding hydrogens is 771 g/mol. The van der Waals surface area contributed by atoms with Crippen LogP contribution >= 0.6 is 0 Å². The van der Waals surface area contributed by atoms with Crippen LogP contribution in [0.4, 0.5) is 0 Å². The normalized spacial score (nSPS) is 11.8. The molecule has 0 bridgehead atoms. The lowest BCUT2D eigenvalue weighted by Gasteiger charge is -2.14. The van der Waals surface area contributed by atoms with Crippen molar-refractivity contribution in [1.29, 1.82) is 0 Å². The van der Waals surface area contributed by atoms with Crippen molar-refractivity contribution in [3.63, 3.8) is 0 Å². The smallest absolute Gasteiger partial charge is 0.160 e. The fraction of sp³-hybridized carbons (Fsp3) is 0. The maximum atomic E-state index is 6.63. The average molecular weight is 806 g/mol. The number of rotatable bonds is 6. The second kappa shape index (κ2) is 14.0. The van der Waals surface area contributed by atoms with Crippen LogP contribution in [-0.2, 0) is 0 Å². The predicted molar refractivity (Wildman–Crippen MR) is 258 cm³/mol. The minimum atomic E-state index is 0.653. The van der Waals surface area contributed by atoms with E-state index in [0.29, 0.717) is 5.82 Å². The molecule has 5 heteroatoms. The summed E-state index contributed by atoms with van der Waals surface area (Å²) in [5.74, 6) is 0.653. The standard InChI is InChI=1S/C58H35N3O2/c1-2-14-37(15-3-1)58-59-50(36-28-30-41(31-29-36)61-52-24-8-4-16-44(52)45-17-5-9-25-53(45)61)35-51(60-58)40-33-38(42-20-12-22-48-46-18-6-10-26-54(46)62-56(42)48)32-39(34-40)43-21-13-23-49-47-19-7-11-27-55(47)63-57(43)49/h1-35H. The topological polar surface area (TPSA) is 57.0 Å². The molecule has 13 aromatic rings. The summed E-state index contributed by atoms with van der Waals surface area (Å²) in [6.07, 6.45) is 0. The quantitative estimate of drug-likeness (QED) is 0.168. The highest BCUT2D eigenvalue weighted by molar-refractivity contribution is 6.12. The van der Waals surface area contributed by atoms with Crippen LogP contribution in [0, 0.1) is 0 Å². The number of fused-ring (bicyclic) bond motifs is 9. The fourth-order valence-electron chi connectivity index (χ4n) is 9.48. The van der Waals surface area contributed by atoms with Gasteiger partial charge in [-0.3, -0.25) is 0 Å². The molecule has 4 aromatic heterocycles. The molecule has 0 aliphatic heterocycles. The molecule has 0 amide bonds. The highest BCUT2D eigenvalue weighted by atomic mass is 16.3. The summed E-state index contributed by atoms with van der Waals surface area (Å²) in [5, 5.41) is 6.81. The molecule has 13 rings (SSSR count). The Morgan fingerprint density at radius 2 is 0.778 bits per heavy atom. The molecule has 0 aliphatic rings. The van der Waals surface area contributed by atoms with Crippen LogP contribution in [0.1, 0.15) is 0 Å². The monoisotopic (exact) mass is 805 g/mol. The van der Waals surface area contributed by atoms with Gasteiger partial charge in [-0.2, -0.15) is 0 Å². The molecule has 294 valence electrons. The third-order valence-electron chi connectivity index (χ3n) is 12.4. The Kier molecular flexibility index (Phi) is 7.84. The third-order valence-corrected chi connectivity index (χ3v) is 12.4. The first kappa shape index (κ1) is 35.2. The SMILES string of the molecule is c1ccc(-c2nc(-c3ccc(-n4c5ccccc5c5ccccc54)cc3)cc(-c3cc(-c4cccc5c4oc4ccccc45)cc(-c4cccc5c4oc4ccccc45)c3)n2)cc1. The van der Waals surface area contributed by atoms with E-state index in [1.165, 1.54) is 21.8 Å². The minimum Gasteiger partial charge on any atom is -0.455 e. The molecular formula is C58H35N3O2. The van der Waals surface area contributed by atoms with Crippen LogP contribution < -0.4 is 0 Å². The van der Waals surface area contributed by atoms with E-state index in [1.807, 2.05) is 42.5 Å². The highest BCUT2D eigenvalue weighted by Gasteiger charge is 2.19. The lowest BCUT2D eigenvalue weighted by Crippen LogP contribution is -1.97. The first-order valence-electron chi connectivity index (χ1n) is 21.2. The van der Waals surface area contributed by atoms with Crippen LogP contribution in [0.5, 0.6) is 0 Å². The van der Waals surface area contributed by atoms with Gasteiger partial charge in [0.1, 0.15) is 22.3 Å². The fourth-order valence-corrected chi connectivity index (χ4v) is 9.48. The van der Waals surface area contributed by atoms with Gasteiger partial charge in [0.15, 0.2) is 5.82 Å². The van der Waals surface area contributed by atoms with E-state index < -0.39 is 0 Å². The van der Waals surface area contributed by atoms with Crippen LogP contribution in [-0.4, -0.2) is 14.5 Å². The lowest BCUT2D eigenvalue weighted by atomic mass is 9.93. The number of hydrogen-bond donors (Lipinski definition) is 0. The first-order chi connectivity index (χ1) is 31.2. The van der Waals surface area contributed by atoms with E-state index in [9.17, 15) is 0 Å². The third kappa shape index (κ3) is 5.71. The Balaban J connectivity index is 1.02. The Morgan fingerprint density at radius 1 is 0.317 bits per heavy atom. The van der Waals surface area contributed by atoms with Crippen LogP contribution in [0.2, 0.25) is 0 Å². The van der Waals surface area contributed by atoms with Gasteiger partial charge >= 0.3 is 0 Å². The van der Waals surface area contributed by atoms with E-state index in [-0.39, 0.29) is 0 Å². The van der Waals surface area contributed by atoms with Crippen LogP contribution in [0.15, 0.2) is 221 Å². The van der Waals surface area contributed by atoms with Gasteiger partial charge in [-0.1, -0.05) is 152 Å². The average Bonchev–Trinajstić information content (AvgIpc) is 4.04.